The van der Waals surface area contributed by atoms with Gasteiger partial charge in [0.15, 0.2) is 0 Å². The van der Waals surface area contributed by atoms with Gasteiger partial charge in [-0.25, -0.2) is 0 Å². The van der Waals surface area contributed by atoms with Crippen LogP contribution in [0.2, 0.25) is 0 Å². The van der Waals surface area contributed by atoms with E-state index in [1.807, 2.05) is 46.9 Å². The quantitative estimate of drug-likeness (QED) is 0.488. The molecule has 0 atom stereocenters. The van der Waals surface area contributed by atoms with Gasteiger partial charge in [0, 0.05) is 19.0 Å². The van der Waals surface area contributed by atoms with Crippen molar-refractivity contribution < 1.29 is 4.79 Å². The average Bonchev–Trinajstić information content (AvgIpc) is 2.43. The van der Waals surface area contributed by atoms with Crippen molar-refractivity contribution in [2.45, 2.75) is 9.79 Å². The molecule has 2 aromatic carbocycles. The van der Waals surface area contributed by atoms with Gasteiger partial charge in [0.1, 0.15) is 0 Å². The van der Waals surface area contributed by atoms with Crippen molar-refractivity contribution >= 4 is 68.5 Å². The summed E-state index contributed by atoms with van der Waals surface area (Å²) in [4.78, 5) is 13.6. The summed E-state index contributed by atoms with van der Waals surface area (Å²) in [7, 11) is 0. The van der Waals surface area contributed by atoms with E-state index in [0.29, 0.717) is 4.43 Å². The third-order valence-corrected chi connectivity index (χ3v) is 4.74. The predicted octanol–water partition coefficient (Wildman–Crippen LogP) is 4.82. The van der Waals surface area contributed by atoms with Gasteiger partial charge < -0.3 is 5.32 Å². The van der Waals surface area contributed by atoms with E-state index in [2.05, 4.69) is 52.2 Å². The number of amides is 1. The number of benzene rings is 2. The summed E-state index contributed by atoms with van der Waals surface area (Å²) in [6.07, 6.45) is 0. The lowest BCUT2D eigenvalue weighted by atomic mass is 10.3. The Kier molecular flexibility index (Phi) is 5.96. The Morgan fingerprint density at radius 2 is 1.53 bits per heavy atom. The molecule has 0 aromatic heterocycles. The van der Waals surface area contributed by atoms with Crippen LogP contribution in [0.15, 0.2) is 58.3 Å². The molecule has 0 unspecified atom stereocenters. The Hall–Kier alpha value is -0.280. The monoisotopic (exact) mass is 495 g/mol. The Labute approximate surface area is 144 Å². The highest BCUT2D eigenvalue weighted by molar-refractivity contribution is 14.1. The molecule has 0 aliphatic heterocycles. The maximum atomic E-state index is 11.3. The van der Waals surface area contributed by atoms with Crippen molar-refractivity contribution in [2.75, 3.05) is 9.74 Å². The fourth-order valence-electron chi connectivity index (χ4n) is 1.44. The number of alkyl halides is 1. The number of rotatable bonds is 4. The van der Waals surface area contributed by atoms with Gasteiger partial charge in [-0.05, 0) is 71.1 Å². The van der Waals surface area contributed by atoms with E-state index in [0.717, 1.165) is 10.6 Å². The van der Waals surface area contributed by atoms with Crippen molar-refractivity contribution in [1.82, 2.24) is 0 Å². The molecule has 0 bridgehead atoms. The first-order valence-corrected chi connectivity index (χ1v) is 8.99. The Bertz CT molecular complexity index is 555. The molecular weight excluding hydrogens is 484 g/mol. The van der Waals surface area contributed by atoms with Crippen molar-refractivity contribution in [3.63, 3.8) is 0 Å². The lowest BCUT2D eigenvalue weighted by molar-refractivity contribution is -0.113. The number of carbonyl (C=O) groups is 1. The summed E-state index contributed by atoms with van der Waals surface area (Å²) in [5.74, 6) is 0.0265. The van der Waals surface area contributed by atoms with Crippen molar-refractivity contribution in [2.24, 2.45) is 0 Å². The zero-order chi connectivity index (χ0) is 13.7. The largest absolute Gasteiger partial charge is 0.325 e. The van der Waals surface area contributed by atoms with Gasteiger partial charge in [-0.15, -0.1) is 0 Å². The van der Waals surface area contributed by atoms with Crippen LogP contribution in [0.25, 0.3) is 0 Å². The van der Waals surface area contributed by atoms with Gasteiger partial charge in [-0.1, -0.05) is 34.4 Å². The van der Waals surface area contributed by atoms with E-state index in [1.165, 1.54) is 8.47 Å². The summed E-state index contributed by atoms with van der Waals surface area (Å²) in [5.41, 5.74) is 0.841. The van der Waals surface area contributed by atoms with Crippen molar-refractivity contribution in [1.29, 1.82) is 0 Å². The molecule has 0 saturated heterocycles. The van der Waals surface area contributed by atoms with Crippen LogP contribution in [0.3, 0.4) is 0 Å². The normalized spacial score (nSPS) is 10.2. The second-order valence-corrected chi connectivity index (χ2v) is 6.92. The van der Waals surface area contributed by atoms with E-state index >= 15 is 0 Å². The molecule has 0 aliphatic rings. The minimum Gasteiger partial charge on any atom is -0.325 e. The van der Waals surface area contributed by atoms with Gasteiger partial charge in [0.2, 0.25) is 5.91 Å². The highest BCUT2D eigenvalue weighted by Gasteiger charge is 2.01. The molecule has 19 heavy (non-hydrogen) atoms. The maximum absolute atomic E-state index is 11.3. The predicted molar refractivity (Wildman–Crippen MR) is 97.2 cm³/mol. The smallest absolute Gasteiger partial charge is 0.234 e. The lowest BCUT2D eigenvalue weighted by Crippen LogP contribution is -2.11. The molecule has 0 heterocycles. The van der Waals surface area contributed by atoms with Crippen LogP contribution in [-0.4, -0.2) is 10.3 Å². The standard InChI is InChI=1S/C14H11I2NOS/c15-9-14(18)17-11-3-7-13(8-4-11)19-12-5-1-10(16)2-6-12/h1-8H,9H2,(H,17,18). The Balaban J connectivity index is 2.02. The molecule has 98 valence electrons. The highest BCUT2D eigenvalue weighted by atomic mass is 127. The summed E-state index contributed by atoms with van der Waals surface area (Å²) < 4.78 is 1.70. The molecule has 0 aliphatic carbocycles. The molecule has 0 fully saturated rings. The van der Waals surface area contributed by atoms with E-state index in [1.54, 1.807) is 11.8 Å². The first kappa shape index (κ1) is 15.1. The fourth-order valence-corrected chi connectivity index (χ4v) is 2.81. The molecule has 1 amide bonds. The zero-order valence-corrected chi connectivity index (χ0v) is 15.0. The Morgan fingerprint density at radius 1 is 1.00 bits per heavy atom. The second kappa shape index (κ2) is 7.49. The Morgan fingerprint density at radius 3 is 2.05 bits per heavy atom. The fraction of sp³-hybridized carbons (Fsp3) is 0.0714. The van der Waals surface area contributed by atoms with Gasteiger partial charge in [-0.3, -0.25) is 4.79 Å². The van der Waals surface area contributed by atoms with Gasteiger partial charge >= 0.3 is 0 Å². The van der Waals surface area contributed by atoms with Crippen LogP contribution in [0.1, 0.15) is 0 Å². The molecule has 0 spiro atoms. The molecule has 2 nitrogen and oxygen atoms in total. The number of anilines is 1. The number of nitrogens with one attached hydrogen (secondary N) is 1. The molecule has 0 radical (unpaired) electrons. The third kappa shape index (κ3) is 4.96. The topological polar surface area (TPSA) is 29.1 Å². The number of hydrogen-bond donors (Lipinski definition) is 1. The molecule has 2 rings (SSSR count). The van der Waals surface area contributed by atoms with Crippen LogP contribution in [0, 0.1) is 3.57 Å². The van der Waals surface area contributed by atoms with Gasteiger partial charge in [0.25, 0.3) is 0 Å². The zero-order valence-electron chi connectivity index (χ0n) is 9.90. The molecule has 2 aromatic rings. The SMILES string of the molecule is O=C(CI)Nc1ccc(Sc2ccc(I)cc2)cc1. The summed E-state index contributed by atoms with van der Waals surface area (Å²) >= 11 is 6.06. The van der Waals surface area contributed by atoms with Gasteiger partial charge in [0.05, 0.1) is 4.43 Å². The van der Waals surface area contributed by atoms with Crippen LogP contribution >= 0.6 is 56.9 Å². The van der Waals surface area contributed by atoms with Crippen LogP contribution in [-0.2, 0) is 4.79 Å². The summed E-state index contributed by atoms with van der Waals surface area (Å²) in [6.45, 7) is 0. The molecule has 5 heteroatoms. The second-order valence-electron chi connectivity index (χ2n) is 3.76. The first-order valence-electron chi connectivity index (χ1n) is 5.56. The maximum Gasteiger partial charge on any atom is 0.234 e. The van der Waals surface area contributed by atoms with E-state index in [-0.39, 0.29) is 5.91 Å². The van der Waals surface area contributed by atoms with Crippen molar-refractivity contribution in [3.8, 4) is 0 Å². The van der Waals surface area contributed by atoms with Gasteiger partial charge in [-0.2, -0.15) is 0 Å². The number of carbonyl (C=O) groups excluding carboxylic acids is 1. The van der Waals surface area contributed by atoms with Crippen LogP contribution < -0.4 is 5.32 Å². The lowest BCUT2D eigenvalue weighted by Gasteiger charge is -2.05. The van der Waals surface area contributed by atoms with Crippen LogP contribution in [0.5, 0.6) is 0 Å². The number of halogens is 2. The van der Waals surface area contributed by atoms with Crippen LogP contribution in [0.4, 0.5) is 5.69 Å². The minimum absolute atomic E-state index is 0.0265. The third-order valence-electron chi connectivity index (χ3n) is 2.31. The van der Waals surface area contributed by atoms with E-state index in [9.17, 15) is 4.79 Å². The summed E-state index contributed by atoms with van der Waals surface area (Å²) in [5, 5.41) is 2.83. The first-order chi connectivity index (χ1) is 9.17. The molecular formula is C14H11I2NOS. The minimum atomic E-state index is 0.0265. The highest BCUT2D eigenvalue weighted by Crippen LogP contribution is 2.28. The summed E-state index contributed by atoms with van der Waals surface area (Å²) in [6, 6.07) is 16.3. The molecule has 1 N–H and O–H groups in total. The van der Waals surface area contributed by atoms with Crippen molar-refractivity contribution in [3.05, 3.63) is 52.1 Å². The molecule has 0 saturated carbocycles. The van der Waals surface area contributed by atoms with E-state index < -0.39 is 0 Å². The van der Waals surface area contributed by atoms with E-state index in [4.69, 9.17) is 0 Å². The number of hydrogen-bond acceptors (Lipinski definition) is 2. The average molecular weight is 495 g/mol.